The van der Waals surface area contributed by atoms with Crippen molar-refractivity contribution in [1.29, 1.82) is 0 Å². The lowest BCUT2D eigenvalue weighted by molar-refractivity contribution is 0.474. The fraction of sp³-hybridized carbons (Fsp3) is 0.182. The summed E-state index contributed by atoms with van der Waals surface area (Å²) in [5, 5.41) is 6.55. The highest BCUT2D eigenvalue weighted by atomic mass is 32.2. The summed E-state index contributed by atoms with van der Waals surface area (Å²) in [4.78, 5) is 0.0979. The van der Waals surface area contributed by atoms with Gasteiger partial charge in [0.2, 0.25) is 10.0 Å². The van der Waals surface area contributed by atoms with Gasteiger partial charge in [-0.05, 0) is 79.2 Å². The first-order valence-corrected chi connectivity index (χ1v) is 11.0. The second kappa shape index (κ2) is 8.41. The zero-order valence-electron chi connectivity index (χ0n) is 16.1. The Morgan fingerprint density at radius 3 is 1.87 bits per heavy atom. The van der Waals surface area contributed by atoms with Gasteiger partial charge >= 0.3 is 0 Å². The third-order valence-electron chi connectivity index (χ3n) is 4.99. The van der Waals surface area contributed by atoms with Crippen LogP contribution < -0.4 is 10.6 Å². The Morgan fingerprint density at radius 2 is 1.27 bits per heavy atom. The van der Waals surface area contributed by atoms with Gasteiger partial charge < -0.3 is 10.6 Å². The predicted octanol–water partition coefficient (Wildman–Crippen LogP) is 4.58. The third-order valence-corrected chi connectivity index (χ3v) is 6.87. The summed E-state index contributed by atoms with van der Waals surface area (Å²) in [6.45, 7) is 0.747. The molecule has 0 bridgehead atoms. The molecule has 1 saturated heterocycles. The zero-order chi connectivity index (χ0) is 21.1. The molecule has 0 aromatic heterocycles. The van der Waals surface area contributed by atoms with Crippen LogP contribution in [-0.2, 0) is 10.0 Å². The average molecular weight is 429 g/mol. The minimum absolute atomic E-state index is 0.0175. The number of hydrogen-bond acceptors (Lipinski definition) is 4. The normalized spacial score (nSPS) is 17.1. The summed E-state index contributed by atoms with van der Waals surface area (Å²) in [7, 11) is -3.64. The fourth-order valence-electron chi connectivity index (χ4n) is 3.41. The predicted molar refractivity (Wildman–Crippen MR) is 113 cm³/mol. The van der Waals surface area contributed by atoms with E-state index in [-0.39, 0.29) is 16.8 Å². The molecular formula is C22H21F2N3O2S. The largest absolute Gasteiger partial charge is 0.381 e. The first-order chi connectivity index (χ1) is 14.4. The zero-order valence-corrected chi connectivity index (χ0v) is 16.9. The van der Waals surface area contributed by atoms with E-state index in [1.807, 2.05) is 24.3 Å². The second-order valence-electron chi connectivity index (χ2n) is 7.16. The van der Waals surface area contributed by atoms with Gasteiger partial charge in [0.1, 0.15) is 11.6 Å². The monoisotopic (exact) mass is 429 g/mol. The lowest BCUT2D eigenvalue weighted by atomic mass is 10.2. The molecule has 4 rings (SSSR count). The number of anilines is 3. The number of halogens is 2. The van der Waals surface area contributed by atoms with Gasteiger partial charge in [0, 0.05) is 36.2 Å². The third kappa shape index (κ3) is 4.60. The van der Waals surface area contributed by atoms with Crippen LogP contribution in [0, 0.1) is 11.6 Å². The maximum absolute atomic E-state index is 13.1. The van der Waals surface area contributed by atoms with Crippen molar-refractivity contribution in [3.63, 3.8) is 0 Å². The highest BCUT2D eigenvalue weighted by Gasteiger charge is 2.32. The van der Waals surface area contributed by atoms with Gasteiger partial charge in [-0.15, -0.1) is 0 Å². The summed E-state index contributed by atoms with van der Waals surface area (Å²) in [6.07, 6.45) is 0.677. The average Bonchev–Trinajstić information content (AvgIpc) is 3.21. The molecule has 30 heavy (non-hydrogen) atoms. The van der Waals surface area contributed by atoms with Crippen LogP contribution in [0.3, 0.4) is 0 Å². The molecular weight excluding hydrogens is 408 g/mol. The van der Waals surface area contributed by atoms with Crippen LogP contribution in [0.1, 0.15) is 6.42 Å². The summed E-state index contributed by atoms with van der Waals surface area (Å²) in [6, 6.07) is 18.6. The van der Waals surface area contributed by atoms with E-state index in [2.05, 4.69) is 10.6 Å². The molecule has 0 radical (unpaired) electrons. The van der Waals surface area contributed by atoms with E-state index in [0.717, 1.165) is 29.2 Å². The van der Waals surface area contributed by atoms with Gasteiger partial charge in [-0.3, -0.25) is 0 Å². The Kier molecular flexibility index (Phi) is 5.69. The number of rotatable bonds is 6. The van der Waals surface area contributed by atoms with Gasteiger partial charge in [0.15, 0.2) is 0 Å². The lowest BCUT2D eigenvalue weighted by Gasteiger charge is -2.18. The molecule has 2 N–H and O–H groups in total. The smallest absolute Gasteiger partial charge is 0.243 e. The van der Waals surface area contributed by atoms with E-state index >= 15 is 0 Å². The van der Waals surface area contributed by atoms with Crippen molar-refractivity contribution in [1.82, 2.24) is 4.31 Å². The van der Waals surface area contributed by atoms with E-state index in [0.29, 0.717) is 19.5 Å². The van der Waals surface area contributed by atoms with Crippen LogP contribution in [0.25, 0.3) is 0 Å². The molecule has 0 saturated carbocycles. The van der Waals surface area contributed by atoms with Crippen LogP contribution in [0.4, 0.5) is 25.8 Å². The number of nitrogens with zero attached hydrogens (tertiary/aromatic N) is 1. The topological polar surface area (TPSA) is 61.4 Å². The summed E-state index contributed by atoms with van der Waals surface area (Å²) in [5.41, 5.74) is 2.53. The van der Waals surface area contributed by atoms with E-state index in [1.54, 1.807) is 12.1 Å². The minimum atomic E-state index is -3.64. The molecule has 0 amide bonds. The van der Waals surface area contributed by atoms with Crippen molar-refractivity contribution in [2.75, 3.05) is 23.7 Å². The van der Waals surface area contributed by atoms with Gasteiger partial charge in [0.25, 0.3) is 0 Å². The van der Waals surface area contributed by atoms with Crippen LogP contribution in [0.15, 0.2) is 77.7 Å². The standard InChI is InChI=1S/C22H21F2N3O2S/c23-16-1-5-18(6-2-16)25-19-7-9-20(10-8-19)26-21-13-14-27(15-21)30(28,29)22-11-3-17(24)4-12-22/h1-12,21,25-26H,13-15H2/t21-/m0/s1. The highest BCUT2D eigenvalue weighted by molar-refractivity contribution is 7.89. The molecule has 3 aromatic carbocycles. The SMILES string of the molecule is O=S(=O)(c1ccc(F)cc1)N1CC[C@H](Nc2ccc(Nc3ccc(F)cc3)cc2)C1. The Labute approximate surface area is 174 Å². The maximum atomic E-state index is 13.1. The Hall–Kier alpha value is -2.97. The van der Waals surface area contributed by atoms with Crippen molar-refractivity contribution < 1.29 is 17.2 Å². The molecule has 1 atom stereocenters. The fourth-order valence-corrected chi connectivity index (χ4v) is 4.91. The van der Waals surface area contributed by atoms with Crippen molar-refractivity contribution in [3.8, 4) is 0 Å². The van der Waals surface area contributed by atoms with E-state index in [1.165, 1.54) is 28.6 Å². The van der Waals surface area contributed by atoms with E-state index in [9.17, 15) is 17.2 Å². The summed E-state index contributed by atoms with van der Waals surface area (Å²) < 4.78 is 53.0. The molecule has 0 aliphatic carbocycles. The molecule has 1 aliphatic rings. The number of sulfonamides is 1. The van der Waals surface area contributed by atoms with Crippen molar-refractivity contribution in [3.05, 3.63) is 84.4 Å². The molecule has 5 nitrogen and oxygen atoms in total. The van der Waals surface area contributed by atoms with Gasteiger partial charge in [0.05, 0.1) is 4.90 Å². The molecule has 3 aromatic rings. The van der Waals surface area contributed by atoms with Crippen LogP contribution >= 0.6 is 0 Å². The van der Waals surface area contributed by atoms with Gasteiger partial charge in [-0.2, -0.15) is 4.31 Å². The van der Waals surface area contributed by atoms with Crippen molar-refractivity contribution in [2.45, 2.75) is 17.4 Å². The van der Waals surface area contributed by atoms with Crippen LogP contribution in [0.2, 0.25) is 0 Å². The molecule has 8 heteroatoms. The molecule has 1 fully saturated rings. The molecule has 0 unspecified atom stereocenters. The summed E-state index contributed by atoms with van der Waals surface area (Å²) >= 11 is 0. The van der Waals surface area contributed by atoms with E-state index in [4.69, 9.17) is 0 Å². The first-order valence-electron chi connectivity index (χ1n) is 9.55. The molecule has 0 spiro atoms. The lowest BCUT2D eigenvalue weighted by Crippen LogP contribution is -2.31. The van der Waals surface area contributed by atoms with Gasteiger partial charge in [-0.25, -0.2) is 17.2 Å². The minimum Gasteiger partial charge on any atom is -0.381 e. The number of benzene rings is 3. The molecule has 1 heterocycles. The Bertz CT molecular complexity index is 1100. The highest BCUT2D eigenvalue weighted by Crippen LogP contribution is 2.25. The van der Waals surface area contributed by atoms with E-state index < -0.39 is 15.8 Å². The van der Waals surface area contributed by atoms with Crippen LogP contribution in [0.5, 0.6) is 0 Å². The number of hydrogen-bond donors (Lipinski definition) is 2. The summed E-state index contributed by atoms with van der Waals surface area (Å²) in [5.74, 6) is -0.751. The Morgan fingerprint density at radius 1 is 0.767 bits per heavy atom. The maximum Gasteiger partial charge on any atom is 0.243 e. The van der Waals surface area contributed by atoms with Crippen molar-refractivity contribution in [2.24, 2.45) is 0 Å². The first kappa shape index (κ1) is 20.3. The Balaban J connectivity index is 1.36. The molecule has 1 aliphatic heterocycles. The van der Waals surface area contributed by atoms with Gasteiger partial charge in [-0.1, -0.05) is 0 Å². The number of nitrogens with one attached hydrogen (secondary N) is 2. The van der Waals surface area contributed by atoms with Crippen LogP contribution in [-0.4, -0.2) is 31.9 Å². The quantitative estimate of drug-likeness (QED) is 0.602. The van der Waals surface area contributed by atoms with Crippen molar-refractivity contribution >= 4 is 27.1 Å². The molecule has 156 valence electrons. The second-order valence-corrected chi connectivity index (χ2v) is 9.09.